The van der Waals surface area contributed by atoms with Crippen molar-refractivity contribution in [1.82, 2.24) is 0 Å². The van der Waals surface area contributed by atoms with E-state index in [1.54, 1.807) is 0 Å². The summed E-state index contributed by atoms with van der Waals surface area (Å²) < 4.78 is 0. The largest absolute Gasteiger partial charge is 0.481 e. The molecule has 1 N–H and O–H groups in total. The summed E-state index contributed by atoms with van der Waals surface area (Å²) >= 11 is 5.59. The molecule has 0 spiro atoms. The van der Waals surface area contributed by atoms with E-state index in [1.165, 1.54) is 18.2 Å². The van der Waals surface area contributed by atoms with Gasteiger partial charge in [-0.15, -0.1) is 0 Å². The molecule has 6 heteroatoms. The Hall–Kier alpha value is -2.06. The summed E-state index contributed by atoms with van der Waals surface area (Å²) in [6, 6.07) is 4.05. The number of hydrogen-bond acceptors (Lipinski definition) is 3. The second-order valence-electron chi connectivity index (χ2n) is 2.80. The molecule has 0 aliphatic carbocycles. The number of carboxylic acid groups (broad SMARTS) is 1. The highest BCUT2D eigenvalue weighted by Gasteiger charge is 2.11. The number of nitro benzene ring substituents is 1. The highest BCUT2D eigenvalue weighted by Crippen LogP contribution is 2.24. The highest BCUT2D eigenvalue weighted by molar-refractivity contribution is 6.32. The van der Waals surface area contributed by atoms with E-state index in [0.717, 1.165) is 0 Å². The van der Waals surface area contributed by atoms with E-state index < -0.39 is 10.9 Å². The van der Waals surface area contributed by atoms with Gasteiger partial charge in [0.1, 0.15) is 11.4 Å². The van der Waals surface area contributed by atoms with Gasteiger partial charge >= 0.3 is 5.97 Å². The van der Waals surface area contributed by atoms with Gasteiger partial charge in [0.2, 0.25) is 0 Å². The van der Waals surface area contributed by atoms with Crippen molar-refractivity contribution in [2.75, 3.05) is 0 Å². The molecular weight excluding hydrogens is 234 g/mol. The molecule has 5 nitrogen and oxygen atoms in total. The molecule has 16 heavy (non-hydrogen) atoms. The molecule has 0 heterocycles. The van der Waals surface area contributed by atoms with Crippen molar-refractivity contribution in [3.63, 3.8) is 0 Å². The first-order valence-corrected chi connectivity index (χ1v) is 4.53. The smallest absolute Gasteiger partial charge is 0.315 e. The van der Waals surface area contributed by atoms with Crippen molar-refractivity contribution in [3.05, 3.63) is 38.9 Å². The number of halogens is 1. The van der Waals surface area contributed by atoms with Gasteiger partial charge in [-0.3, -0.25) is 14.9 Å². The fourth-order valence-corrected chi connectivity index (χ4v) is 1.14. The van der Waals surface area contributed by atoms with E-state index in [9.17, 15) is 14.9 Å². The van der Waals surface area contributed by atoms with E-state index in [2.05, 4.69) is 11.8 Å². The Labute approximate surface area is 95.8 Å². The lowest BCUT2D eigenvalue weighted by Gasteiger charge is -1.95. The molecule has 0 aliphatic heterocycles. The maximum Gasteiger partial charge on any atom is 0.315 e. The number of benzene rings is 1. The van der Waals surface area contributed by atoms with Gasteiger partial charge in [-0.05, 0) is 12.1 Å². The maximum absolute atomic E-state index is 10.5. The van der Waals surface area contributed by atoms with Crippen molar-refractivity contribution in [2.45, 2.75) is 6.42 Å². The summed E-state index contributed by atoms with van der Waals surface area (Å²) in [5.41, 5.74) is 0.112. The van der Waals surface area contributed by atoms with Gasteiger partial charge in [0.05, 0.1) is 4.92 Å². The van der Waals surface area contributed by atoms with Crippen LogP contribution in [0.5, 0.6) is 0 Å². The van der Waals surface area contributed by atoms with Crippen molar-refractivity contribution < 1.29 is 14.8 Å². The van der Waals surface area contributed by atoms with Gasteiger partial charge in [0.15, 0.2) is 0 Å². The van der Waals surface area contributed by atoms with Crippen LogP contribution in [-0.2, 0) is 4.79 Å². The van der Waals surface area contributed by atoms with Crippen LogP contribution < -0.4 is 0 Å². The van der Waals surface area contributed by atoms with E-state index in [-0.39, 0.29) is 17.1 Å². The zero-order valence-corrected chi connectivity index (χ0v) is 8.69. The third-order valence-corrected chi connectivity index (χ3v) is 1.93. The molecule has 0 saturated carbocycles. The Kier molecular flexibility index (Phi) is 3.86. The zero-order chi connectivity index (χ0) is 12.1. The van der Waals surface area contributed by atoms with Crippen LogP contribution in [0.25, 0.3) is 0 Å². The molecule has 0 radical (unpaired) electrons. The molecule has 0 atom stereocenters. The molecule has 0 aromatic heterocycles. The molecule has 0 bridgehead atoms. The molecule has 0 aliphatic rings. The van der Waals surface area contributed by atoms with Crippen molar-refractivity contribution in [3.8, 4) is 11.8 Å². The van der Waals surface area contributed by atoms with Gasteiger partial charge in [-0.25, -0.2) is 0 Å². The quantitative estimate of drug-likeness (QED) is 0.487. The SMILES string of the molecule is O=C(O)CC#Cc1ccc(Cl)c([N+](=O)[O-])c1. The van der Waals surface area contributed by atoms with Crippen LogP contribution in [0.3, 0.4) is 0 Å². The number of carbonyl (C=O) groups is 1. The van der Waals surface area contributed by atoms with Crippen LogP contribution >= 0.6 is 11.6 Å². The summed E-state index contributed by atoms with van der Waals surface area (Å²) in [5.74, 6) is 3.83. The summed E-state index contributed by atoms with van der Waals surface area (Å²) in [6.45, 7) is 0. The maximum atomic E-state index is 10.5. The average molecular weight is 240 g/mol. The summed E-state index contributed by atoms with van der Waals surface area (Å²) in [7, 11) is 0. The standard InChI is InChI=1S/C10H6ClNO4/c11-8-5-4-7(2-1-3-10(13)14)6-9(8)12(15)16/h4-6H,3H2,(H,13,14). The van der Waals surface area contributed by atoms with E-state index in [1.807, 2.05) is 0 Å². The van der Waals surface area contributed by atoms with Gasteiger partial charge in [0, 0.05) is 11.6 Å². The molecule has 1 aromatic rings. The second kappa shape index (κ2) is 5.14. The molecule has 0 amide bonds. The Morgan fingerprint density at radius 1 is 1.56 bits per heavy atom. The first kappa shape index (κ1) is 12.0. The van der Waals surface area contributed by atoms with Crippen LogP contribution in [0.2, 0.25) is 5.02 Å². The zero-order valence-electron chi connectivity index (χ0n) is 7.94. The Bertz CT molecular complexity index is 501. The molecule has 1 rings (SSSR count). The van der Waals surface area contributed by atoms with Crippen LogP contribution in [0.4, 0.5) is 5.69 Å². The lowest BCUT2D eigenvalue weighted by Crippen LogP contribution is -1.91. The number of nitrogens with zero attached hydrogens (tertiary/aromatic N) is 1. The number of hydrogen-bond donors (Lipinski definition) is 1. The second-order valence-corrected chi connectivity index (χ2v) is 3.20. The molecule has 0 fully saturated rings. The van der Waals surface area contributed by atoms with Crippen LogP contribution in [0, 0.1) is 22.0 Å². The predicted octanol–water partition coefficient (Wildman–Crippen LogP) is 2.07. The third kappa shape index (κ3) is 3.26. The monoisotopic (exact) mass is 239 g/mol. The summed E-state index contributed by atoms with van der Waals surface area (Å²) in [4.78, 5) is 20.1. The number of rotatable bonds is 2. The fourth-order valence-electron chi connectivity index (χ4n) is 0.952. The normalized spacial score (nSPS) is 9.06. The van der Waals surface area contributed by atoms with E-state index in [4.69, 9.17) is 16.7 Å². The third-order valence-electron chi connectivity index (χ3n) is 1.62. The topological polar surface area (TPSA) is 80.4 Å². The summed E-state index contributed by atoms with van der Waals surface area (Å²) in [5, 5.41) is 18.9. The van der Waals surface area contributed by atoms with Gasteiger partial charge in [-0.2, -0.15) is 0 Å². The van der Waals surface area contributed by atoms with Crippen molar-refractivity contribution >= 4 is 23.3 Å². The lowest BCUT2D eigenvalue weighted by atomic mass is 10.2. The molecule has 82 valence electrons. The number of nitro groups is 1. The average Bonchev–Trinajstić information content (AvgIpc) is 2.19. The van der Waals surface area contributed by atoms with Gasteiger partial charge < -0.3 is 5.11 Å². The minimum atomic E-state index is -1.05. The molecule has 0 saturated heterocycles. The van der Waals surface area contributed by atoms with Crippen LogP contribution in [-0.4, -0.2) is 16.0 Å². The lowest BCUT2D eigenvalue weighted by molar-refractivity contribution is -0.384. The minimum Gasteiger partial charge on any atom is -0.481 e. The van der Waals surface area contributed by atoms with Crippen LogP contribution in [0.1, 0.15) is 12.0 Å². The Morgan fingerprint density at radius 2 is 2.25 bits per heavy atom. The molecule has 0 unspecified atom stereocenters. The van der Waals surface area contributed by atoms with Gasteiger partial charge in [0.25, 0.3) is 5.69 Å². The number of carboxylic acids is 1. The van der Waals surface area contributed by atoms with Crippen molar-refractivity contribution in [1.29, 1.82) is 0 Å². The Balaban J connectivity index is 2.98. The first-order valence-electron chi connectivity index (χ1n) is 4.15. The van der Waals surface area contributed by atoms with E-state index in [0.29, 0.717) is 5.56 Å². The fraction of sp³-hybridized carbons (Fsp3) is 0.100. The van der Waals surface area contributed by atoms with Crippen LogP contribution in [0.15, 0.2) is 18.2 Å². The highest BCUT2D eigenvalue weighted by atomic mass is 35.5. The summed E-state index contributed by atoms with van der Waals surface area (Å²) in [6.07, 6.45) is -0.309. The van der Waals surface area contributed by atoms with Crippen molar-refractivity contribution in [2.24, 2.45) is 0 Å². The first-order chi connectivity index (χ1) is 7.50. The van der Waals surface area contributed by atoms with Gasteiger partial charge in [-0.1, -0.05) is 23.4 Å². The Morgan fingerprint density at radius 3 is 2.81 bits per heavy atom. The predicted molar refractivity (Wildman–Crippen MR) is 57.2 cm³/mol. The number of aliphatic carboxylic acids is 1. The molecule has 1 aromatic carbocycles. The minimum absolute atomic E-state index is 0.0220. The molecular formula is C10H6ClNO4. The van der Waals surface area contributed by atoms with E-state index >= 15 is 0 Å².